The first-order valence-corrected chi connectivity index (χ1v) is 6.07. The van der Waals surface area contributed by atoms with E-state index in [1.165, 1.54) is 0 Å². The molecule has 2 atom stereocenters. The number of furan rings is 1. The Morgan fingerprint density at radius 2 is 2.29 bits per heavy atom. The maximum Gasteiger partial charge on any atom is 0.152 e. The molecule has 0 bridgehead atoms. The van der Waals surface area contributed by atoms with Crippen LogP contribution in [-0.4, -0.2) is 18.3 Å². The van der Waals surface area contributed by atoms with E-state index in [9.17, 15) is 5.11 Å². The van der Waals surface area contributed by atoms with Gasteiger partial charge in [-0.05, 0) is 18.6 Å². The van der Waals surface area contributed by atoms with Crippen molar-refractivity contribution in [2.24, 2.45) is 5.92 Å². The van der Waals surface area contributed by atoms with Crippen LogP contribution in [0.4, 0.5) is 0 Å². The molecule has 1 N–H and O–H groups in total. The van der Waals surface area contributed by atoms with Gasteiger partial charge in [-0.25, -0.2) is 0 Å². The molecule has 0 aliphatic carbocycles. The summed E-state index contributed by atoms with van der Waals surface area (Å²) < 4.78 is 10.9. The highest BCUT2D eigenvalue weighted by Crippen LogP contribution is 2.34. The Morgan fingerprint density at radius 3 is 3.00 bits per heavy atom. The molecule has 2 heterocycles. The first kappa shape index (κ1) is 11.1. The van der Waals surface area contributed by atoms with E-state index in [-0.39, 0.29) is 5.92 Å². The molecule has 1 fully saturated rings. The number of rotatable bonds is 2. The number of fused-ring (bicyclic) bond motifs is 1. The van der Waals surface area contributed by atoms with Crippen LogP contribution in [0.15, 0.2) is 28.7 Å². The van der Waals surface area contributed by atoms with Gasteiger partial charge in [0, 0.05) is 17.9 Å². The topological polar surface area (TPSA) is 42.6 Å². The van der Waals surface area contributed by atoms with E-state index < -0.39 is 6.10 Å². The van der Waals surface area contributed by atoms with Crippen LogP contribution in [-0.2, 0) is 4.74 Å². The minimum absolute atomic E-state index is 0.120. The molecular weight excluding hydrogens is 240 g/mol. The van der Waals surface area contributed by atoms with Gasteiger partial charge >= 0.3 is 0 Å². The Bertz CT molecular complexity index is 528. The Hall–Kier alpha value is -1.03. The molecule has 90 valence electrons. The molecule has 1 aromatic carbocycles. The molecule has 1 aliphatic rings. The Labute approximate surface area is 104 Å². The molecule has 0 saturated carbocycles. The van der Waals surface area contributed by atoms with Crippen LogP contribution in [0.5, 0.6) is 0 Å². The first-order chi connectivity index (χ1) is 8.25. The van der Waals surface area contributed by atoms with Crippen LogP contribution in [0.25, 0.3) is 11.0 Å². The highest BCUT2D eigenvalue weighted by atomic mass is 35.5. The van der Waals surface area contributed by atoms with Crippen LogP contribution in [0.2, 0.25) is 5.02 Å². The predicted molar refractivity (Wildman–Crippen MR) is 65.1 cm³/mol. The van der Waals surface area contributed by atoms with Gasteiger partial charge in [0.05, 0.1) is 11.6 Å². The maximum absolute atomic E-state index is 10.2. The van der Waals surface area contributed by atoms with Gasteiger partial charge in [-0.2, -0.15) is 0 Å². The zero-order valence-electron chi connectivity index (χ0n) is 9.23. The zero-order chi connectivity index (χ0) is 11.8. The number of hydrogen-bond donors (Lipinski definition) is 1. The van der Waals surface area contributed by atoms with Gasteiger partial charge in [0.25, 0.3) is 0 Å². The average molecular weight is 253 g/mol. The average Bonchev–Trinajstić information content (AvgIpc) is 2.98. The molecule has 2 aromatic rings. The standard InChI is InChI=1S/C13H13ClO3/c14-10-3-1-2-8-6-11(17-13(8)10)12(15)9-4-5-16-7-9/h1-3,6,9,12,15H,4-5,7H2. The lowest BCUT2D eigenvalue weighted by molar-refractivity contribution is 0.0753. The summed E-state index contributed by atoms with van der Waals surface area (Å²) in [6.07, 6.45) is 0.257. The molecule has 1 aromatic heterocycles. The van der Waals surface area contributed by atoms with Crippen molar-refractivity contribution in [3.63, 3.8) is 0 Å². The first-order valence-electron chi connectivity index (χ1n) is 5.69. The summed E-state index contributed by atoms with van der Waals surface area (Å²) in [5, 5.41) is 11.7. The third-order valence-corrected chi connectivity index (χ3v) is 3.52. The third kappa shape index (κ3) is 1.95. The fourth-order valence-corrected chi connectivity index (χ4v) is 2.45. The number of para-hydroxylation sites is 1. The van der Waals surface area contributed by atoms with Crippen molar-refractivity contribution in [3.8, 4) is 0 Å². The van der Waals surface area contributed by atoms with Crippen LogP contribution in [0, 0.1) is 5.92 Å². The van der Waals surface area contributed by atoms with E-state index >= 15 is 0 Å². The fourth-order valence-electron chi connectivity index (χ4n) is 2.23. The monoisotopic (exact) mass is 252 g/mol. The van der Waals surface area contributed by atoms with Crippen molar-refractivity contribution in [2.75, 3.05) is 13.2 Å². The lowest BCUT2D eigenvalue weighted by Crippen LogP contribution is -2.11. The summed E-state index contributed by atoms with van der Waals surface area (Å²) >= 11 is 6.03. The number of aliphatic hydroxyl groups is 1. The summed E-state index contributed by atoms with van der Waals surface area (Å²) in [5.41, 5.74) is 0.641. The van der Waals surface area contributed by atoms with Gasteiger partial charge in [-0.15, -0.1) is 0 Å². The zero-order valence-corrected chi connectivity index (χ0v) is 9.98. The van der Waals surface area contributed by atoms with Gasteiger partial charge in [-0.3, -0.25) is 0 Å². The Kier molecular flexibility index (Phi) is 2.82. The van der Waals surface area contributed by atoms with Gasteiger partial charge in [-0.1, -0.05) is 23.7 Å². The molecule has 0 amide bonds. The minimum atomic E-state index is -0.610. The van der Waals surface area contributed by atoms with Gasteiger partial charge in [0.2, 0.25) is 0 Å². The molecular formula is C13H13ClO3. The second-order valence-electron chi connectivity index (χ2n) is 4.38. The molecule has 2 unspecified atom stereocenters. The number of halogens is 1. The summed E-state index contributed by atoms with van der Waals surface area (Å²) in [7, 11) is 0. The van der Waals surface area contributed by atoms with E-state index in [0.717, 1.165) is 11.8 Å². The normalized spacial score (nSPS) is 22.1. The largest absolute Gasteiger partial charge is 0.457 e. The Morgan fingerprint density at radius 1 is 1.41 bits per heavy atom. The second-order valence-corrected chi connectivity index (χ2v) is 4.78. The van der Waals surface area contributed by atoms with Crippen molar-refractivity contribution in [1.82, 2.24) is 0 Å². The van der Waals surface area contributed by atoms with Crippen LogP contribution in [0.1, 0.15) is 18.3 Å². The number of hydrogen-bond acceptors (Lipinski definition) is 3. The number of aliphatic hydroxyl groups excluding tert-OH is 1. The molecule has 3 nitrogen and oxygen atoms in total. The van der Waals surface area contributed by atoms with Gasteiger partial charge < -0.3 is 14.3 Å². The summed E-state index contributed by atoms with van der Waals surface area (Å²) in [6.45, 7) is 1.30. The lowest BCUT2D eigenvalue weighted by atomic mass is 10.00. The molecule has 17 heavy (non-hydrogen) atoms. The highest BCUT2D eigenvalue weighted by Gasteiger charge is 2.27. The summed E-state index contributed by atoms with van der Waals surface area (Å²) in [5.74, 6) is 0.693. The van der Waals surface area contributed by atoms with Gasteiger partial charge in [0.15, 0.2) is 5.58 Å². The minimum Gasteiger partial charge on any atom is -0.457 e. The fraction of sp³-hybridized carbons (Fsp3) is 0.385. The van der Waals surface area contributed by atoms with Crippen molar-refractivity contribution in [2.45, 2.75) is 12.5 Å². The second kappa shape index (κ2) is 4.33. The summed E-state index contributed by atoms with van der Waals surface area (Å²) in [6, 6.07) is 7.42. The van der Waals surface area contributed by atoms with E-state index in [4.69, 9.17) is 20.8 Å². The van der Waals surface area contributed by atoms with Crippen LogP contribution in [0.3, 0.4) is 0 Å². The van der Waals surface area contributed by atoms with E-state index in [2.05, 4.69) is 0 Å². The molecule has 1 aliphatic heterocycles. The SMILES string of the molecule is OC(c1cc2cccc(Cl)c2o1)C1CCOC1. The third-order valence-electron chi connectivity index (χ3n) is 3.22. The highest BCUT2D eigenvalue weighted by molar-refractivity contribution is 6.34. The van der Waals surface area contributed by atoms with Crippen LogP contribution >= 0.6 is 11.6 Å². The van der Waals surface area contributed by atoms with Gasteiger partial charge in [0.1, 0.15) is 11.9 Å². The molecule has 3 rings (SSSR count). The smallest absolute Gasteiger partial charge is 0.152 e. The van der Waals surface area contributed by atoms with Crippen molar-refractivity contribution in [1.29, 1.82) is 0 Å². The van der Waals surface area contributed by atoms with E-state index in [1.807, 2.05) is 18.2 Å². The molecule has 0 spiro atoms. The van der Waals surface area contributed by atoms with E-state index in [1.54, 1.807) is 6.07 Å². The quantitative estimate of drug-likeness (QED) is 0.893. The summed E-state index contributed by atoms with van der Waals surface area (Å²) in [4.78, 5) is 0. The molecule has 1 saturated heterocycles. The van der Waals surface area contributed by atoms with Crippen LogP contribution < -0.4 is 0 Å². The van der Waals surface area contributed by atoms with Crippen molar-refractivity contribution in [3.05, 3.63) is 35.0 Å². The molecule has 0 radical (unpaired) electrons. The predicted octanol–water partition coefficient (Wildman–Crippen LogP) is 3.16. The molecule has 4 heteroatoms. The van der Waals surface area contributed by atoms with Crippen molar-refractivity contribution >= 4 is 22.6 Å². The maximum atomic E-state index is 10.2. The Balaban J connectivity index is 1.97. The number of ether oxygens (including phenoxy) is 1. The number of benzene rings is 1. The van der Waals surface area contributed by atoms with E-state index in [0.29, 0.717) is 29.6 Å². The van der Waals surface area contributed by atoms with Crippen molar-refractivity contribution < 1.29 is 14.3 Å². The lowest BCUT2D eigenvalue weighted by Gasteiger charge is -2.13.